The molecule has 0 unspecified atom stereocenters. The van der Waals surface area contributed by atoms with E-state index in [-0.39, 0.29) is 16.2 Å². The van der Waals surface area contributed by atoms with E-state index in [0.717, 1.165) is 10.0 Å². The lowest BCUT2D eigenvalue weighted by molar-refractivity contribution is -0.385. The van der Waals surface area contributed by atoms with Gasteiger partial charge >= 0.3 is 5.69 Å². The highest BCUT2D eigenvalue weighted by molar-refractivity contribution is 9.10. The first kappa shape index (κ1) is 22.9. The van der Waals surface area contributed by atoms with E-state index < -0.39 is 22.1 Å². The van der Waals surface area contributed by atoms with E-state index in [2.05, 4.69) is 15.9 Å². The number of Topliss-reactive ketones (excluding diaryl/α,β-unsaturated/α-hetero) is 1. The smallest absolute Gasteiger partial charge is 0.311 e. The first-order valence-corrected chi connectivity index (χ1v) is 11.0. The van der Waals surface area contributed by atoms with Crippen LogP contribution >= 0.6 is 39.3 Å². The number of aromatic hydroxyl groups is 2. The molecule has 3 aromatic rings. The molecule has 0 aliphatic heterocycles. The van der Waals surface area contributed by atoms with Crippen molar-refractivity contribution in [2.75, 3.05) is 0 Å². The Bertz CT molecular complexity index is 1180. The summed E-state index contributed by atoms with van der Waals surface area (Å²) in [5.41, 5.74) is 0.871. The predicted molar refractivity (Wildman–Crippen MR) is 126 cm³/mol. The fraction of sp³-hybridized carbons (Fsp3) is 0.0455. The fourth-order valence-corrected chi connectivity index (χ4v) is 4.08. The van der Waals surface area contributed by atoms with Crippen molar-refractivity contribution in [3.8, 4) is 11.5 Å². The predicted octanol–water partition coefficient (Wildman–Crippen LogP) is 6.58. The van der Waals surface area contributed by atoms with Gasteiger partial charge in [-0.15, -0.1) is 11.8 Å². The maximum Gasteiger partial charge on any atom is 0.311 e. The van der Waals surface area contributed by atoms with Crippen LogP contribution in [0, 0.1) is 10.1 Å². The van der Waals surface area contributed by atoms with Gasteiger partial charge in [-0.3, -0.25) is 14.9 Å². The molecule has 0 aromatic heterocycles. The summed E-state index contributed by atoms with van der Waals surface area (Å²) in [6.45, 7) is 0. The molecule has 2 N–H and O–H groups in total. The van der Waals surface area contributed by atoms with Crippen molar-refractivity contribution in [1.82, 2.24) is 0 Å². The highest BCUT2D eigenvalue weighted by Crippen LogP contribution is 2.33. The number of phenolic OH excluding ortho intramolecular Hbond substituents is 2. The van der Waals surface area contributed by atoms with Crippen LogP contribution in [0.5, 0.6) is 11.5 Å². The monoisotopic (exact) mass is 519 g/mol. The third kappa shape index (κ3) is 5.88. The van der Waals surface area contributed by atoms with E-state index in [1.54, 1.807) is 0 Å². The maximum atomic E-state index is 13.2. The third-order valence-corrected chi connectivity index (χ3v) is 6.08. The number of ketones is 1. The standard InChI is InChI=1S/C22H15BrClNO5S/c23-15-4-1-13(2-5-15)12-31-21(22(28)17-11-16(24)6-8-19(17)26)10-14-3-7-20(27)18(9-14)25(29)30/h1-11,26-27H,12H2. The first-order chi connectivity index (χ1) is 14.7. The summed E-state index contributed by atoms with van der Waals surface area (Å²) in [4.78, 5) is 23.9. The number of halogens is 2. The van der Waals surface area contributed by atoms with Crippen LogP contribution in [-0.4, -0.2) is 20.9 Å². The largest absolute Gasteiger partial charge is 0.507 e. The quantitative estimate of drug-likeness (QED) is 0.158. The Hall–Kier alpha value is -2.81. The number of allylic oxidation sites excluding steroid dienone is 1. The van der Waals surface area contributed by atoms with Crippen molar-refractivity contribution in [2.24, 2.45) is 0 Å². The highest BCUT2D eigenvalue weighted by atomic mass is 79.9. The zero-order chi connectivity index (χ0) is 22.5. The van der Waals surface area contributed by atoms with Gasteiger partial charge in [0, 0.05) is 21.3 Å². The van der Waals surface area contributed by atoms with Crippen LogP contribution in [0.4, 0.5) is 5.69 Å². The Morgan fingerprint density at radius 1 is 1.06 bits per heavy atom. The Labute approximate surface area is 195 Å². The number of carbonyl (C=O) groups excluding carboxylic acids is 1. The second kappa shape index (κ2) is 10.00. The van der Waals surface area contributed by atoms with E-state index in [0.29, 0.717) is 16.3 Å². The van der Waals surface area contributed by atoms with Crippen LogP contribution in [0.15, 0.2) is 70.0 Å². The number of phenols is 2. The third-order valence-electron chi connectivity index (χ3n) is 4.23. The van der Waals surface area contributed by atoms with Gasteiger partial charge in [0.15, 0.2) is 5.75 Å². The Balaban J connectivity index is 2.00. The molecule has 3 rings (SSSR count). The minimum absolute atomic E-state index is 0.0235. The van der Waals surface area contributed by atoms with Gasteiger partial charge in [0.05, 0.1) is 15.4 Å². The van der Waals surface area contributed by atoms with Crippen LogP contribution in [0.3, 0.4) is 0 Å². The number of nitrogens with zero attached hydrogens (tertiary/aromatic N) is 1. The lowest BCUT2D eigenvalue weighted by atomic mass is 10.1. The van der Waals surface area contributed by atoms with Gasteiger partial charge in [-0.2, -0.15) is 0 Å². The number of hydrogen-bond acceptors (Lipinski definition) is 6. The summed E-state index contributed by atoms with van der Waals surface area (Å²) in [5.74, 6) is -0.712. The molecule has 0 bridgehead atoms. The van der Waals surface area contributed by atoms with Crippen molar-refractivity contribution < 1.29 is 19.9 Å². The van der Waals surface area contributed by atoms with Crippen LogP contribution in [-0.2, 0) is 5.75 Å². The van der Waals surface area contributed by atoms with Crippen LogP contribution in [0.25, 0.3) is 6.08 Å². The van der Waals surface area contributed by atoms with Gasteiger partial charge in [0.25, 0.3) is 0 Å². The molecule has 0 atom stereocenters. The SMILES string of the molecule is O=C(C(=Cc1ccc(O)c([N+](=O)[O-])c1)SCc1ccc(Br)cc1)c1cc(Cl)ccc1O. The van der Waals surface area contributed by atoms with E-state index in [4.69, 9.17) is 11.6 Å². The first-order valence-electron chi connectivity index (χ1n) is 8.84. The van der Waals surface area contributed by atoms with Crippen molar-refractivity contribution in [2.45, 2.75) is 5.75 Å². The summed E-state index contributed by atoms with van der Waals surface area (Å²) in [6, 6.07) is 15.6. The number of rotatable bonds is 7. The Kier molecular flexibility index (Phi) is 7.37. The second-order valence-electron chi connectivity index (χ2n) is 6.42. The Morgan fingerprint density at radius 2 is 1.74 bits per heavy atom. The number of nitro groups is 1. The van der Waals surface area contributed by atoms with Crippen molar-refractivity contribution in [3.05, 3.63) is 102 Å². The minimum Gasteiger partial charge on any atom is -0.507 e. The molecule has 0 spiro atoms. The zero-order valence-corrected chi connectivity index (χ0v) is 18.9. The molecule has 0 fully saturated rings. The summed E-state index contributed by atoms with van der Waals surface area (Å²) in [6.07, 6.45) is 1.48. The molecule has 0 saturated heterocycles. The lowest BCUT2D eigenvalue weighted by Gasteiger charge is -2.10. The topological polar surface area (TPSA) is 101 Å². The second-order valence-corrected chi connectivity index (χ2v) is 8.79. The molecule has 0 aliphatic rings. The summed E-state index contributed by atoms with van der Waals surface area (Å²) < 4.78 is 0.924. The van der Waals surface area contributed by atoms with Gasteiger partial charge < -0.3 is 10.2 Å². The average molecular weight is 521 g/mol. The summed E-state index contributed by atoms with van der Waals surface area (Å²) >= 11 is 10.6. The summed E-state index contributed by atoms with van der Waals surface area (Å²) in [7, 11) is 0. The van der Waals surface area contributed by atoms with Gasteiger partial charge in [-0.1, -0.05) is 45.7 Å². The van der Waals surface area contributed by atoms with E-state index in [1.165, 1.54) is 54.2 Å². The van der Waals surface area contributed by atoms with E-state index >= 15 is 0 Å². The molecule has 0 saturated carbocycles. The number of benzene rings is 3. The average Bonchev–Trinajstić information content (AvgIpc) is 2.74. The molecular formula is C22H15BrClNO5S. The molecule has 0 amide bonds. The molecule has 0 aliphatic carbocycles. The van der Waals surface area contributed by atoms with E-state index in [9.17, 15) is 25.1 Å². The molecule has 158 valence electrons. The van der Waals surface area contributed by atoms with Crippen molar-refractivity contribution >= 4 is 56.8 Å². The number of nitro benzene ring substituents is 1. The fourth-order valence-electron chi connectivity index (χ4n) is 2.67. The van der Waals surface area contributed by atoms with Crippen molar-refractivity contribution in [3.63, 3.8) is 0 Å². The van der Waals surface area contributed by atoms with Gasteiger partial charge in [0.2, 0.25) is 5.78 Å². The lowest BCUT2D eigenvalue weighted by Crippen LogP contribution is -2.02. The molecule has 0 heterocycles. The van der Waals surface area contributed by atoms with Gasteiger partial charge in [0.1, 0.15) is 5.75 Å². The van der Waals surface area contributed by atoms with Gasteiger partial charge in [-0.05, 0) is 53.6 Å². The van der Waals surface area contributed by atoms with Gasteiger partial charge in [-0.25, -0.2) is 0 Å². The zero-order valence-electron chi connectivity index (χ0n) is 15.8. The molecule has 6 nitrogen and oxygen atoms in total. The van der Waals surface area contributed by atoms with Crippen LogP contribution < -0.4 is 0 Å². The van der Waals surface area contributed by atoms with E-state index in [1.807, 2.05) is 24.3 Å². The molecule has 9 heteroatoms. The minimum atomic E-state index is -0.702. The van der Waals surface area contributed by atoms with Crippen LogP contribution in [0.2, 0.25) is 5.02 Å². The van der Waals surface area contributed by atoms with Crippen LogP contribution in [0.1, 0.15) is 21.5 Å². The maximum absolute atomic E-state index is 13.2. The number of carbonyl (C=O) groups is 1. The molecule has 0 radical (unpaired) electrons. The molecule has 31 heavy (non-hydrogen) atoms. The Morgan fingerprint density at radius 3 is 2.42 bits per heavy atom. The highest BCUT2D eigenvalue weighted by Gasteiger charge is 2.19. The molecular weight excluding hydrogens is 506 g/mol. The normalized spacial score (nSPS) is 11.4. The molecule has 3 aromatic carbocycles. The number of thioether (sulfide) groups is 1. The summed E-state index contributed by atoms with van der Waals surface area (Å²) in [5, 5.41) is 31.3. The number of hydrogen-bond donors (Lipinski definition) is 2. The van der Waals surface area contributed by atoms with Crippen molar-refractivity contribution in [1.29, 1.82) is 0 Å².